The normalized spacial score (nSPS) is 14.9. The van der Waals surface area contributed by atoms with E-state index in [1.54, 1.807) is 66.7 Å². The summed E-state index contributed by atoms with van der Waals surface area (Å²) in [4.78, 5) is 26.2. The quantitative estimate of drug-likeness (QED) is 0.527. The maximum atomic E-state index is 12.8. The predicted octanol–water partition coefficient (Wildman–Crippen LogP) is 3.40. The van der Waals surface area contributed by atoms with Gasteiger partial charge in [-0.1, -0.05) is 30.3 Å². The highest BCUT2D eigenvalue weighted by Crippen LogP contribution is 2.19. The number of nitrogens with zero attached hydrogens (tertiary/aromatic N) is 2. The fourth-order valence-corrected chi connectivity index (χ4v) is 5.38. The molecule has 1 heterocycles. The molecule has 35 heavy (non-hydrogen) atoms. The van der Waals surface area contributed by atoms with Crippen LogP contribution >= 0.6 is 0 Å². The monoisotopic (exact) mass is 492 g/mol. The summed E-state index contributed by atoms with van der Waals surface area (Å²) in [6.07, 6.45) is 0. The van der Waals surface area contributed by atoms with Crippen LogP contribution in [0.1, 0.15) is 22.8 Å². The molecular formula is C26H28N4O4S. The Kier molecular flexibility index (Phi) is 7.60. The van der Waals surface area contributed by atoms with Gasteiger partial charge in [-0.15, -0.1) is 0 Å². The molecule has 3 aromatic carbocycles. The van der Waals surface area contributed by atoms with Crippen molar-refractivity contribution in [2.75, 3.05) is 36.8 Å². The van der Waals surface area contributed by atoms with E-state index in [4.69, 9.17) is 0 Å². The van der Waals surface area contributed by atoms with Crippen molar-refractivity contribution < 1.29 is 18.0 Å². The van der Waals surface area contributed by atoms with Gasteiger partial charge in [-0.3, -0.25) is 14.5 Å². The molecule has 3 aromatic rings. The summed E-state index contributed by atoms with van der Waals surface area (Å²) in [6.45, 7) is 4.30. The van der Waals surface area contributed by atoms with Crippen molar-refractivity contribution in [3.8, 4) is 0 Å². The zero-order valence-electron chi connectivity index (χ0n) is 19.5. The Morgan fingerprint density at radius 3 is 1.91 bits per heavy atom. The molecule has 0 radical (unpaired) electrons. The molecule has 1 aliphatic rings. The molecule has 9 heteroatoms. The molecule has 4 rings (SSSR count). The molecule has 0 bridgehead atoms. The molecule has 1 saturated heterocycles. The second-order valence-electron chi connectivity index (χ2n) is 8.40. The minimum absolute atomic E-state index is 0.152. The first-order valence-electron chi connectivity index (χ1n) is 11.4. The molecule has 0 aromatic heterocycles. The predicted molar refractivity (Wildman–Crippen MR) is 136 cm³/mol. The van der Waals surface area contributed by atoms with Gasteiger partial charge in [-0.25, -0.2) is 8.42 Å². The summed E-state index contributed by atoms with van der Waals surface area (Å²) in [6, 6.07) is 22.8. The Bertz CT molecular complexity index is 1270. The number of sulfonamides is 1. The number of hydrogen-bond acceptors (Lipinski definition) is 5. The summed E-state index contributed by atoms with van der Waals surface area (Å²) in [5, 5.41) is 5.53. The molecule has 1 fully saturated rings. The minimum atomic E-state index is -3.46. The van der Waals surface area contributed by atoms with Crippen molar-refractivity contribution in [1.82, 2.24) is 9.21 Å². The van der Waals surface area contributed by atoms with Gasteiger partial charge in [-0.05, 0) is 54.1 Å². The molecule has 8 nitrogen and oxygen atoms in total. The van der Waals surface area contributed by atoms with E-state index < -0.39 is 10.0 Å². The number of nitrogens with one attached hydrogen (secondary N) is 2. The maximum Gasteiger partial charge on any atom is 0.255 e. The van der Waals surface area contributed by atoms with Crippen LogP contribution in [0.2, 0.25) is 0 Å². The van der Waals surface area contributed by atoms with Crippen LogP contribution in [0.25, 0.3) is 0 Å². The first-order chi connectivity index (χ1) is 16.8. The molecule has 0 atom stereocenters. The fraction of sp³-hybridized carbons (Fsp3) is 0.231. The van der Waals surface area contributed by atoms with Crippen LogP contribution in [0.3, 0.4) is 0 Å². The van der Waals surface area contributed by atoms with Crippen LogP contribution in [0.15, 0.2) is 83.8 Å². The number of rotatable bonds is 7. The van der Waals surface area contributed by atoms with E-state index in [9.17, 15) is 18.0 Å². The van der Waals surface area contributed by atoms with Gasteiger partial charge in [0.15, 0.2) is 0 Å². The number of carbonyl (C=O) groups excluding carboxylic acids is 2. The van der Waals surface area contributed by atoms with Gasteiger partial charge in [0.05, 0.1) is 4.90 Å². The summed E-state index contributed by atoms with van der Waals surface area (Å²) >= 11 is 0. The Balaban J connectivity index is 1.29. The topological polar surface area (TPSA) is 98.8 Å². The molecule has 0 unspecified atom stereocenters. The lowest BCUT2D eigenvalue weighted by Crippen LogP contribution is -2.48. The van der Waals surface area contributed by atoms with E-state index in [-0.39, 0.29) is 11.8 Å². The van der Waals surface area contributed by atoms with Crippen molar-refractivity contribution in [1.29, 1.82) is 0 Å². The molecular weight excluding hydrogens is 464 g/mol. The zero-order valence-corrected chi connectivity index (χ0v) is 20.3. The summed E-state index contributed by atoms with van der Waals surface area (Å²) < 4.78 is 27.1. The number of anilines is 2. The average Bonchev–Trinajstić information content (AvgIpc) is 2.86. The third-order valence-electron chi connectivity index (χ3n) is 5.80. The number of benzene rings is 3. The SMILES string of the molecule is CC(=O)Nc1ccc(NC(=O)c2ccc(CN3CCN(S(=O)(=O)c4ccccc4)CC3)cc2)cc1. The van der Waals surface area contributed by atoms with Crippen molar-refractivity contribution in [2.45, 2.75) is 18.4 Å². The summed E-state index contributed by atoms with van der Waals surface area (Å²) in [7, 11) is -3.46. The van der Waals surface area contributed by atoms with Crippen molar-refractivity contribution in [3.63, 3.8) is 0 Å². The number of piperazine rings is 1. The molecule has 0 aliphatic carbocycles. The highest BCUT2D eigenvalue weighted by atomic mass is 32.2. The Morgan fingerprint density at radius 1 is 0.771 bits per heavy atom. The highest BCUT2D eigenvalue weighted by molar-refractivity contribution is 7.89. The lowest BCUT2D eigenvalue weighted by atomic mass is 10.1. The van der Waals surface area contributed by atoms with Crippen LogP contribution in [0.5, 0.6) is 0 Å². The second-order valence-corrected chi connectivity index (χ2v) is 10.3. The third-order valence-corrected chi connectivity index (χ3v) is 7.71. The van der Waals surface area contributed by atoms with Crippen LogP contribution < -0.4 is 10.6 Å². The van der Waals surface area contributed by atoms with E-state index in [0.717, 1.165) is 5.56 Å². The molecule has 2 N–H and O–H groups in total. The smallest absolute Gasteiger partial charge is 0.255 e. The lowest BCUT2D eigenvalue weighted by Gasteiger charge is -2.34. The largest absolute Gasteiger partial charge is 0.326 e. The first-order valence-corrected chi connectivity index (χ1v) is 12.8. The van der Waals surface area contributed by atoms with E-state index in [1.807, 2.05) is 12.1 Å². The molecule has 1 aliphatic heterocycles. The Morgan fingerprint density at radius 2 is 1.34 bits per heavy atom. The van der Waals surface area contributed by atoms with E-state index >= 15 is 0 Å². The van der Waals surface area contributed by atoms with Crippen molar-refractivity contribution >= 4 is 33.2 Å². The average molecular weight is 493 g/mol. The van der Waals surface area contributed by atoms with Gasteiger partial charge < -0.3 is 10.6 Å². The van der Waals surface area contributed by atoms with Gasteiger partial charge in [-0.2, -0.15) is 4.31 Å². The van der Waals surface area contributed by atoms with Crippen LogP contribution in [0.4, 0.5) is 11.4 Å². The molecule has 2 amide bonds. The van der Waals surface area contributed by atoms with Crippen LogP contribution in [-0.4, -0.2) is 55.6 Å². The van der Waals surface area contributed by atoms with Gasteiger partial charge in [0, 0.05) is 56.6 Å². The van der Waals surface area contributed by atoms with Gasteiger partial charge in [0.25, 0.3) is 5.91 Å². The lowest BCUT2D eigenvalue weighted by molar-refractivity contribution is -0.114. The minimum Gasteiger partial charge on any atom is -0.326 e. The number of hydrogen-bond donors (Lipinski definition) is 2. The summed E-state index contributed by atoms with van der Waals surface area (Å²) in [5.41, 5.74) is 2.90. The van der Waals surface area contributed by atoms with E-state index in [0.29, 0.717) is 54.6 Å². The first kappa shape index (κ1) is 24.6. The molecule has 182 valence electrons. The van der Waals surface area contributed by atoms with Crippen LogP contribution in [0, 0.1) is 0 Å². The molecule has 0 saturated carbocycles. The number of amides is 2. The van der Waals surface area contributed by atoms with E-state index in [1.165, 1.54) is 11.2 Å². The van der Waals surface area contributed by atoms with Gasteiger partial charge in [0.1, 0.15) is 0 Å². The highest BCUT2D eigenvalue weighted by Gasteiger charge is 2.28. The van der Waals surface area contributed by atoms with Crippen LogP contribution in [-0.2, 0) is 21.4 Å². The second kappa shape index (κ2) is 10.8. The zero-order chi connectivity index (χ0) is 24.8. The van der Waals surface area contributed by atoms with Gasteiger partial charge in [0.2, 0.25) is 15.9 Å². The van der Waals surface area contributed by atoms with E-state index in [2.05, 4.69) is 15.5 Å². The maximum absolute atomic E-state index is 12.8. The van der Waals surface area contributed by atoms with Gasteiger partial charge >= 0.3 is 0 Å². The van der Waals surface area contributed by atoms with Crippen molar-refractivity contribution in [2.24, 2.45) is 0 Å². The van der Waals surface area contributed by atoms with Crippen molar-refractivity contribution in [3.05, 3.63) is 90.0 Å². The molecule has 0 spiro atoms. The fourth-order valence-electron chi connectivity index (χ4n) is 3.93. The number of carbonyl (C=O) groups is 2. The standard InChI is InChI=1S/C26H28N4O4S/c1-20(31)27-23-11-13-24(14-12-23)28-26(32)22-9-7-21(8-10-22)19-29-15-17-30(18-16-29)35(33,34)25-5-3-2-4-6-25/h2-14H,15-19H2,1H3,(H,27,31)(H,28,32). The third kappa shape index (κ3) is 6.33. The summed E-state index contributed by atoms with van der Waals surface area (Å²) in [5.74, 6) is -0.371. The Hall–Kier alpha value is -3.53. The Labute approximate surface area is 205 Å².